The van der Waals surface area contributed by atoms with E-state index in [-0.39, 0.29) is 11.5 Å². The van der Waals surface area contributed by atoms with Crippen LogP contribution in [0.25, 0.3) is 0 Å². The standard InChI is InChI=1S/C12H11O6P/c13-10-7-4-8-11(12(10)14)18-19(15,16)17-9-5-2-1-3-6-9/h1-8,13-14H,(H,15,16). The summed E-state index contributed by atoms with van der Waals surface area (Å²) >= 11 is 0. The maximum Gasteiger partial charge on any atom is 0.585 e. The lowest BCUT2D eigenvalue weighted by Crippen LogP contribution is -1.99. The largest absolute Gasteiger partial charge is 0.585 e. The van der Waals surface area contributed by atoms with Gasteiger partial charge in [0.1, 0.15) is 5.75 Å². The van der Waals surface area contributed by atoms with Crippen LogP contribution in [0.4, 0.5) is 0 Å². The summed E-state index contributed by atoms with van der Waals surface area (Å²) in [6.07, 6.45) is 0. The Kier molecular flexibility index (Phi) is 3.64. The molecule has 19 heavy (non-hydrogen) atoms. The summed E-state index contributed by atoms with van der Waals surface area (Å²) in [6, 6.07) is 11.7. The van der Waals surface area contributed by atoms with Gasteiger partial charge in [0.05, 0.1) is 0 Å². The number of para-hydroxylation sites is 2. The van der Waals surface area contributed by atoms with Crippen LogP contribution in [-0.2, 0) is 4.57 Å². The first-order valence-corrected chi connectivity index (χ1v) is 6.75. The van der Waals surface area contributed by atoms with E-state index >= 15 is 0 Å². The van der Waals surface area contributed by atoms with Crippen molar-refractivity contribution in [3.63, 3.8) is 0 Å². The van der Waals surface area contributed by atoms with Crippen molar-refractivity contribution >= 4 is 7.82 Å². The van der Waals surface area contributed by atoms with E-state index in [0.717, 1.165) is 0 Å². The Bertz CT molecular complexity index is 613. The summed E-state index contributed by atoms with van der Waals surface area (Å²) < 4.78 is 21.2. The molecule has 3 N–H and O–H groups in total. The third kappa shape index (κ3) is 3.40. The minimum absolute atomic E-state index is 0.146. The highest BCUT2D eigenvalue weighted by atomic mass is 31.2. The summed E-state index contributed by atoms with van der Waals surface area (Å²) in [4.78, 5) is 9.56. The van der Waals surface area contributed by atoms with Gasteiger partial charge in [-0.05, 0) is 24.3 Å². The molecule has 1 unspecified atom stereocenters. The fourth-order valence-corrected chi connectivity index (χ4v) is 2.16. The number of phosphoric ester groups is 1. The van der Waals surface area contributed by atoms with Crippen molar-refractivity contribution in [3.8, 4) is 23.0 Å². The molecule has 0 bridgehead atoms. The van der Waals surface area contributed by atoms with Gasteiger partial charge in [-0.1, -0.05) is 24.3 Å². The van der Waals surface area contributed by atoms with Gasteiger partial charge in [0.2, 0.25) is 5.75 Å². The van der Waals surface area contributed by atoms with Gasteiger partial charge in [-0.2, -0.15) is 0 Å². The first-order chi connectivity index (χ1) is 8.98. The van der Waals surface area contributed by atoms with Crippen molar-refractivity contribution in [1.29, 1.82) is 0 Å². The van der Waals surface area contributed by atoms with Gasteiger partial charge in [0.15, 0.2) is 11.5 Å². The monoisotopic (exact) mass is 282 g/mol. The topological polar surface area (TPSA) is 96.2 Å². The predicted octanol–water partition coefficient (Wildman–Crippen LogP) is 2.66. The van der Waals surface area contributed by atoms with E-state index in [2.05, 4.69) is 0 Å². The fraction of sp³-hybridized carbons (Fsp3) is 0. The van der Waals surface area contributed by atoms with Crippen LogP contribution in [0.15, 0.2) is 48.5 Å². The smallest absolute Gasteiger partial charge is 0.504 e. The van der Waals surface area contributed by atoms with Crippen molar-refractivity contribution in [2.45, 2.75) is 0 Å². The van der Waals surface area contributed by atoms with Crippen molar-refractivity contribution in [2.75, 3.05) is 0 Å². The zero-order chi connectivity index (χ0) is 13.9. The molecular formula is C12H11O6P. The Hall–Kier alpha value is -2.17. The molecule has 0 saturated heterocycles. The summed E-state index contributed by atoms with van der Waals surface area (Å²) in [5.41, 5.74) is 0. The normalized spacial score (nSPS) is 13.5. The number of rotatable bonds is 4. The molecule has 7 heteroatoms. The van der Waals surface area contributed by atoms with E-state index in [1.54, 1.807) is 18.2 Å². The van der Waals surface area contributed by atoms with Crippen LogP contribution in [0, 0.1) is 0 Å². The molecule has 0 amide bonds. The number of hydrogen-bond acceptors (Lipinski definition) is 5. The molecule has 100 valence electrons. The van der Waals surface area contributed by atoms with E-state index in [0.29, 0.717) is 0 Å². The molecule has 0 heterocycles. The maximum atomic E-state index is 11.7. The summed E-state index contributed by atoms with van der Waals surface area (Å²) in [7, 11) is -4.45. The molecule has 0 aliphatic rings. The predicted molar refractivity (Wildman–Crippen MR) is 67.3 cm³/mol. The minimum atomic E-state index is -4.45. The van der Waals surface area contributed by atoms with E-state index in [1.807, 2.05) is 0 Å². The first kappa shape index (κ1) is 13.3. The van der Waals surface area contributed by atoms with Gasteiger partial charge < -0.3 is 19.3 Å². The SMILES string of the molecule is O=P(O)(Oc1ccccc1)Oc1cccc(O)c1O. The van der Waals surface area contributed by atoms with Gasteiger partial charge >= 0.3 is 7.82 Å². The third-order valence-corrected chi connectivity index (χ3v) is 3.02. The third-order valence-electron chi connectivity index (χ3n) is 2.16. The second-order valence-electron chi connectivity index (χ2n) is 3.59. The highest BCUT2D eigenvalue weighted by Crippen LogP contribution is 2.48. The second kappa shape index (κ2) is 5.22. The van der Waals surface area contributed by atoms with Crippen LogP contribution in [0.2, 0.25) is 0 Å². The van der Waals surface area contributed by atoms with Crippen LogP contribution in [0.1, 0.15) is 0 Å². The van der Waals surface area contributed by atoms with E-state index in [4.69, 9.17) is 9.05 Å². The maximum absolute atomic E-state index is 11.7. The molecule has 0 aliphatic heterocycles. The molecule has 0 radical (unpaired) electrons. The molecule has 0 aromatic heterocycles. The molecule has 0 fully saturated rings. The van der Waals surface area contributed by atoms with Gasteiger partial charge in [0.25, 0.3) is 0 Å². The number of phosphoric acid groups is 1. The van der Waals surface area contributed by atoms with Gasteiger partial charge in [-0.25, -0.2) is 4.57 Å². The minimum Gasteiger partial charge on any atom is -0.504 e. The Morgan fingerprint density at radius 2 is 1.58 bits per heavy atom. The molecule has 0 saturated carbocycles. The Morgan fingerprint density at radius 1 is 0.895 bits per heavy atom. The number of aromatic hydroxyl groups is 2. The Balaban J connectivity index is 2.17. The van der Waals surface area contributed by atoms with Crippen molar-refractivity contribution in [1.82, 2.24) is 0 Å². The number of phenols is 2. The average molecular weight is 282 g/mol. The lowest BCUT2D eigenvalue weighted by molar-refractivity contribution is 0.283. The molecule has 2 rings (SSSR count). The molecule has 0 aliphatic carbocycles. The van der Waals surface area contributed by atoms with Crippen molar-refractivity contribution < 1.29 is 28.7 Å². The highest BCUT2D eigenvalue weighted by molar-refractivity contribution is 7.48. The van der Waals surface area contributed by atoms with E-state index < -0.39 is 19.3 Å². The average Bonchev–Trinajstić information content (AvgIpc) is 2.35. The quantitative estimate of drug-likeness (QED) is 0.589. The lowest BCUT2D eigenvalue weighted by atomic mass is 10.3. The molecule has 6 nitrogen and oxygen atoms in total. The molecule has 2 aromatic carbocycles. The van der Waals surface area contributed by atoms with Crippen LogP contribution in [-0.4, -0.2) is 15.1 Å². The molecule has 1 atom stereocenters. The van der Waals surface area contributed by atoms with Gasteiger partial charge in [0, 0.05) is 0 Å². The van der Waals surface area contributed by atoms with Crippen molar-refractivity contribution in [2.24, 2.45) is 0 Å². The van der Waals surface area contributed by atoms with Crippen LogP contribution >= 0.6 is 7.82 Å². The van der Waals surface area contributed by atoms with Crippen LogP contribution in [0.5, 0.6) is 23.0 Å². The molecule has 2 aromatic rings. The first-order valence-electron chi connectivity index (χ1n) is 5.26. The molecule has 0 spiro atoms. The van der Waals surface area contributed by atoms with Crippen LogP contribution in [0.3, 0.4) is 0 Å². The summed E-state index contributed by atoms with van der Waals surface area (Å²) in [6.45, 7) is 0. The summed E-state index contributed by atoms with van der Waals surface area (Å²) in [5.74, 6) is -1.29. The number of phenolic OH excluding ortho intramolecular Hbond substituents is 2. The zero-order valence-electron chi connectivity index (χ0n) is 9.63. The number of benzene rings is 2. The molecular weight excluding hydrogens is 271 g/mol. The number of hydrogen-bond donors (Lipinski definition) is 3. The summed E-state index contributed by atoms with van der Waals surface area (Å²) in [5, 5.41) is 18.7. The second-order valence-corrected chi connectivity index (χ2v) is 4.89. The van der Waals surface area contributed by atoms with E-state index in [1.165, 1.54) is 30.3 Å². The van der Waals surface area contributed by atoms with Gasteiger partial charge in [-0.15, -0.1) is 0 Å². The van der Waals surface area contributed by atoms with E-state index in [9.17, 15) is 19.7 Å². The zero-order valence-corrected chi connectivity index (χ0v) is 10.5. The Labute approximate surface area is 109 Å². The Morgan fingerprint density at radius 3 is 2.26 bits per heavy atom. The lowest BCUT2D eigenvalue weighted by Gasteiger charge is -2.14. The highest BCUT2D eigenvalue weighted by Gasteiger charge is 2.27. The van der Waals surface area contributed by atoms with Crippen molar-refractivity contribution in [3.05, 3.63) is 48.5 Å². The van der Waals surface area contributed by atoms with Crippen LogP contribution < -0.4 is 9.05 Å². The van der Waals surface area contributed by atoms with Gasteiger partial charge in [-0.3, -0.25) is 4.89 Å². The fourth-order valence-electron chi connectivity index (χ4n) is 1.34.